The van der Waals surface area contributed by atoms with Crippen LogP contribution >= 0.6 is 7.28 Å². The molecule has 0 fully saturated rings. The van der Waals surface area contributed by atoms with E-state index in [1.807, 2.05) is 61.5 Å². The number of rotatable bonds is 1. The molecule has 2 aliphatic rings. The van der Waals surface area contributed by atoms with Crippen LogP contribution in [0.15, 0.2) is 66.4 Å². The third-order valence-electron chi connectivity index (χ3n) is 3.69. The number of allylic oxidation sites excluding steroid dienone is 2. The Morgan fingerprint density at radius 1 is 0.800 bits per heavy atom. The van der Waals surface area contributed by atoms with Gasteiger partial charge in [0.1, 0.15) is 0 Å². The van der Waals surface area contributed by atoms with Gasteiger partial charge in [0.05, 0.1) is 0 Å². The van der Waals surface area contributed by atoms with Crippen molar-refractivity contribution in [2.45, 2.75) is 6.92 Å². The van der Waals surface area contributed by atoms with E-state index in [0.717, 1.165) is 22.6 Å². The molecule has 102 valence electrons. The van der Waals surface area contributed by atoms with Crippen molar-refractivity contribution in [2.75, 3.05) is 6.16 Å². The molecule has 0 amide bonds. The normalized spacial score (nSPS) is 22.6. The van der Waals surface area contributed by atoms with Crippen molar-refractivity contribution >= 4 is 12.6 Å². The predicted octanol–water partition coefficient (Wildman–Crippen LogP) is 4.02. The second-order valence-corrected chi connectivity index (χ2v) is 8.61. The molecule has 0 bridgehead atoms. The van der Waals surface area contributed by atoms with Gasteiger partial charge in [0, 0.05) is 0 Å². The van der Waals surface area contributed by atoms with Crippen molar-refractivity contribution in [3.05, 3.63) is 66.4 Å². The third-order valence-corrected chi connectivity index (χ3v) is 7.59. The predicted molar refractivity (Wildman–Crippen MR) is 80.4 cm³/mol. The van der Waals surface area contributed by atoms with Gasteiger partial charge < -0.3 is 0 Å². The molecule has 0 atom stereocenters. The number of hydrogen-bond acceptors (Lipinski definition) is 3. The van der Waals surface area contributed by atoms with Crippen LogP contribution < -0.4 is 14.4 Å². The van der Waals surface area contributed by atoms with Crippen LogP contribution in [-0.4, -0.2) is 6.16 Å². The molecule has 0 saturated heterocycles. The molecule has 2 aromatic rings. The first kappa shape index (κ1) is 11.8. The molecule has 2 heterocycles. The number of para-hydroxylation sites is 2. The van der Waals surface area contributed by atoms with Gasteiger partial charge in [-0.25, -0.2) is 0 Å². The zero-order valence-electron chi connectivity index (χ0n) is 11.2. The first-order valence-corrected chi connectivity index (χ1v) is 8.81. The van der Waals surface area contributed by atoms with Crippen LogP contribution in [0.5, 0.6) is 11.5 Å². The maximum absolute atomic E-state index is 6.33. The number of benzene rings is 2. The molecule has 0 aliphatic carbocycles. The van der Waals surface area contributed by atoms with Gasteiger partial charge in [-0.3, -0.25) is 0 Å². The Kier molecular flexibility index (Phi) is 2.22. The summed E-state index contributed by atoms with van der Waals surface area (Å²) in [6, 6.07) is 17.8. The van der Waals surface area contributed by atoms with Gasteiger partial charge >= 0.3 is 117 Å². The maximum atomic E-state index is 6.33. The second-order valence-electron chi connectivity index (χ2n) is 5.10. The number of fused-ring (bicyclic) bond motifs is 1. The molecule has 1 spiro atoms. The van der Waals surface area contributed by atoms with Gasteiger partial charge in [-0.05, 0) is 0 Å². The van der Waals surface area contributed by atoms with E-state index in [0.29, 0.717) is 6.16 Å². The molecule has 4 rings (SSSR count). The van der Waals surface area contributed by atoms with Crippen LogP contribution in [0.2, 0.25) is 0 Å². The molecule has 2 aliphatic heterocycles. The summed E-state index contributed by atoms with van der Waals surface area (Å²) < 4.78 is 18.9. The van der Waals surface area contributed by atoms with Crippen molar-refractivity contribution in [3.8, 4) is 11.5 Å². The van der Waals surface area contributed by atoms with Crippen molar-refractivity contribution in [1.82, 2.24) is 0 Å². The molecule has 3 nitrogen and oxygen atoms in total. The Morgan fingerprint density at radius 3 is 1.95 bits per heavy atom. The fraction of sp³-hybridized carbons (Fsp3) is 0.125. The monoisotopic (exact) mass is 286 g/mol. The third kappa shape index (κ3) is 1.44. The summed E-state index contributed by atoms with van der Waals surface area (Å²) in [6.07, 6.45) is 2.70. The Labute approximate surface area is 118 Å². The van der Waals surface area contributed by atoms with Gasteiger partial charge in [0.2, 0.25) is 0 Å². The van der Waals surface area contributed by atoms with Crippen molar-refractivity contribution in [3.63, 3.8) is 0 Å². The van der Waals surface area contributed by atoms with Gasteiger partial charge in [-0.2, -0.15) is 0 Å². The minimum atomic E-state index is -3.35. The first-order chi connectivity index (χ1) is 9.70. The topological polar surface area (TPSA) is 27.7 Å². The standard InChI is InChI=1S/C16H15O3P/c1-13-11-12-20(17-13,14-7-3-2-4-8-14)18-15-9-5-6-10-16(15)19-20/h2-11H,12H2,1H3. The molecule has 0 saturated carbocycles. The van der Waals surface area contributed by atoms with E-state index < -0.39 is 7.28 Å². The van der Waals surface area contributed by atoms with Crippen LogP contribution in [0.4, 0.5) is 0 Å². The number of hydrogen-bond donors (Lipinski definition) is 0. The average molecular weight is 286 g/mol. The summed E-state index contributed by atoms with van der Waals surface area (Å²) in [6.45, 7) is 1.94. The first-order valence-electron chi connectivity index (χ1n) is 6.63. The van der Waals surface area contributed by atoms with Crippen LogP contribution in [0.3, 0.4) is 0 Å². The quantitative estimate of drug-likeness (QED) is 0.741. The van der Waals surface area contributed by atoms with E-state index in [1.165, 1.54) is 0 Å². The fourth-order valence-electron chi connectivity index (χ4n) is 2.76. The Balaban J connectivity index is 1.91. The van der Waals surface area contributed by atoms with Gasteiger partial charge in [0.25, 0.3) is 0 Å². The Hall–Kier alpha value is -1.99. The van der Waals surface area contributed by atoms with Gasteiger partial charge in [-0.15, -0.1) is 0 Å². The zero-order valence-corrected chi connectivity index (χ0v) is 12.0. The molecular formula is C16H15O3P. The van der Waals surface area contributed by atoms with E-state index in [2.05, 4.69) is 6.08 Å². The van der Waals surface area contributed by atoms with E-state index in [-0.39, 0.29) is 0 Å². The van der Waals surface area contributed by atoms with E-state index >= 15 is 0 Å². The Morgan fingerprint density at radius 2 is 1.40 bits per heavy atom. The second kappa shape index (κ2) is 3.77. The van der Waals surface area contributed by atoms with Crippen LogP contribution in [0, 0.1) is 0 Å². The van der Waals surface area contributed by atoms with Crippen LogP contribution in [-0.2, 0) is 4.52 Å². The van der Waals surface area contributed by atoms with Crippen molar-refractivity contribution in [2.24, 2.45) is 0 Å². The van der Waals surface area contributed by atoms with E-state index in [9.17, 15) is 0 Å². The fourth-order valence-corrected chi connectivity index (χ4v) is 6.70. The van der Waals surface area contributed by atoms with Gasteiger partial charge in [0.15, 0.2) is 0 Å². The van der Waals surface area contributed by atoms with Gasteiger partial charge in [-0.1, -0.05) is 0 Å². The minimum absolute atomic E-state index is 0.649. The van der Waals surface area contributed by atoms with Crippen molar-refractivity contribution < 1.29 is 13.6 Å². The molecule has 0 N–H and O–H groups in total. The van der Waals surface area contributed by atoms with Crippen LogP contribution in [0.1, 0.15) is 6.92 Å². The SMILES string of the molecule is CC1=CCP2(c3ccccc3)(O1)Oc1ccccc1O2. The van der Waals surface area contributed by atoms with E-state index in [1.54, 1.807) is 0 Å². The van der Waals surface area contributed by atoms with Crippen molar-refractivity contribution in [1.29, 1.82) is 0 Å². The Bertz CT molecular complexity index is 684. The molecule has 0 unspecified atom stereocenters. The summed E-state index contributed by atoms with van der Waals surface area (Å²) >= 11 is 0. The average Bonchev–Trinajstić information content (AvgIpc) is 2.99. The molecule has 4 heteroatoms. The zero-order chi connectivity index (χ0) is 13.7. The molecule has 20 heavy (non-hydrogen) atoms. The molecule has 2 aromatic carbocycles. The summed E-state index contributed by atoms with van der Waals surface area (Å²) in [5, 5.41) is 0.989. The summed E-state index contributed by atoms with van der Waals surface area (Å²) in [7, 11) is -3.35. The molecule has 0 aromatic heterocycles. The molecule has 0 radical (unpaired) electrons. The van der Waals surface area contributed by atoms with E-state index in [4.69, 9.17) is 13.6 Å². The summed E-state index contributed by atoms with van der Waals surface area (Å²) in [5.41, 5.74) is 0. The molecular weight excluding hydrogens is 271 g/mol. The summed E-state index contributed by atoms with van der Waals surface area (Å²) in [4.78, 5) is 0. The summed E-state index contributed by atoms with van der Waals surface area (Å²) in [5.74, 6) is 2.38. The van der Waals surface area contributed by atoms with Crippen LogP contribution in [0.25, 0.3) is 0 Å².